The fraction of sp³-hybridized carbons (Fsp3) is 0.312. The average Bonchev–Trinajstić information content (AvgIpc) is 3.09. The summed E-state index contributed by atoms with van der Waals surface area (Å²) in [7, 11) is 1.57. The van der Waals surface area contributed by atoms with E-state index in [0.29, 0.717) is 49.5 Å². The lowest BCUT2D eigenvalue weighted by Gasteiger charge is -2.40. The number of aromatic nitrogens is 3. The lowest BCUT2D eigenvalue weighted by atomic mass is 9.96. The number of nitrogens with one attached hydrogen (secondary N) is 2. The van der Waals surface area contributed by atoms with E-state index >= 15 is 0 Å². The number of ether oxygens (including phenoxy) is 2. The summed E-state index contributed by atoms with van der Waals surface area (Å²) >= 11 is 0. The second-order valence-electron chi connectivity index (χ2n) is 10.4. The molecule has 2 fully saturated rings. The maximum Gasteiger partial charge on any atom is 0.269 e. The number of piperazine rings is 1. The molecule has 0 saturated carbocycles. The highest BCUT2D eigenvalue weighted by molar-refractivity contribution is 5.95. The van der Waals surface area contributed by atoms with Crippen LogP contribution in [0.5, 0.6) is 5.75 Å². The maximum atomic E-state index is 12.8. The third-order valence-electron chi connectivity index (χ3n) is 7.72. The molecule has 0 atom stereocenters. The molecule has 3 heterocycles. The van der Waals surface area contributed by atoms with Crippen molar-refractivity contribution in [2.75, 3.05) is 74.8 Å². The quantitative estimate of drug-likeness (QED) is 0.286. The minimum atomic E-state index is -0.324. The summed E-state index contributed by atoms with van der Waals surface area (Å²) in [5.41, 5.74) is 8.63. The molecule has 0 spiro atoms. The SMILES string of the molecule is COc1cccc(C(=O)NNc2nc(N3CCOCC3)nc(N3CCN(C(c4ccccc4)c4ccccc4)CC3)n2)c1. The van der Waals surface area contributed by atoms with E-state index in [2.05, 4.69) is 91.2 Å². The van der Waals surface area contributed by atoms with Crippen molar-refractivity contribution in [3.63, 3.8) is 0 Å². The van der Waals surface area contributed by atoms with Gasteiger partial charge in [0.25, 0.3) is 5.91 Å². The van der Waals surface area contributed by atoms with Gasteiger partial charge in [0.15, 0.2) is 0 Å². The third kappa shape index (κ3) is 6.85. The Labute approximate surface area is 251 Å². The van der Waals surface area contributed by atoms with Gasteiger partial charge in [-0.05, 0) is 29.3 Å². The molecular formula is C32H36N8O3. The molecule has 1 aromatic heterocycles. The van der Waals surface area contributed by atoms with E-state index in [1.54, 1.807) is 31.4 Å². The number of nitrogens with zero attached hydrogens (tertiary/aromatic N) is 6. The molecule has 4 aromatic rings. The Morgan fingerprint density at radius 1 is 0.767 bits per heavy atom. The van der Waals surface area contributed by atoms with Gasteiger partial charge in [0.05, 0.1) is 26.4 Å². The molecule has 6 rings (SSSR count). The van der Waals surface area contributed by atoms with Crippen LogP contribution in [0.2, 0.25) is 0 Å². The molecule has 2 aliphatic rings. The summed E-state index contributed by atoms with van der Waals surface area (Å²) in [6.45, 7) is 5.75. The fourth-order valence-corrected chi connectivity index (χ4v) is 5.47. The molecule has 11 heteroatoms. The lowest BCUT2D eigenvalue weighted by molar-refractivity contribution is 0.0962. The van der Waals surface area contributed by atoms with E-state index in [0.717, 1.165) is 26.2 Å². The number of hydrogen-bond acceptors (Lipinski definition) is 10. The first-order valence-corrected chi connectivity index (χ1v) is 14.6. The van der Waals surface area contributed by atoms with Crippen LogP contribution in [0.1, 0.15) is 27.5 Å². The number of carbonyl (C=O) groups excluding carboxylic acids is 1. The molecule has 2 N–H and O–H groups in total. The van der Waals surface area contributed by atoms with Crippen LogP contribution in [-0.2, 0) is 4.74 Å². The molecule has 3 aromatic carbocycles. The van der Waals surface area contributed by atoms with E-state index in [1.165, 1.54) is 11.1 Å². The predicted molar refractivity (Wildman–Crippen MR) is 165 cm³/mol. The normalized spacial score (nSPS) is 15.8. The van der Waals surface area contributed by atoms with Gasteiger partial charge in [-0.1, -0.05) is 66.7 Å². The Balaban J connectivity index is 1.20. The van der Waals surface area contributed by atoms with Crippen molar-refractivity contribution in [3.8, 4) is 5.75 Å². The summed E-state index contributed by atoms with van der Waals surface area (Å²) in [4.78, 5) is 33.8. The molecule has 2 aliphatic heterocycles. The minimum Gasteiger partial charge on any atom is -0.497 e. The Hall–Kier alpha value is -4.74. The van der Waals surface area contributed by atoms with Crippen LogP contribution in [0, 0.1) is 0 Å². The summed E-state index contributed by atoms with van der Waals surface area (Å²) in [6, 6.07) is 28.4. The number of rotatable bonds is 9. The molecule has 0 unspecified atom stereocenters. The van der Waals surface area contributed by atoms with Gasteiger partial charge in [0.2, 0.25) is 17.8 Å². The number of morpholine rings is 1. The van der Waals surface area contributed by atoms with Crippen molar-refractivity contribution >= 4 is 23.8 Å². The molecular weight excluding hydrogens is 544 g/mol. The highest BCUT2D eigenvalue weighted by Crippen LogP contribution is 2.30. The first-order chi connectivity index (χ1) is 21.2. The molecule has 2 saturated heterocycles. The third-order valence-corrected chi connectivity index (χ3v) is 7.72. The van der Waals surface area contributed by atoms with Crippen molar-refractivity contribution in [2.24, 2.45) is 0 Å². The summed E-state index contributed by atoms with van der Waals surface area (Å²) in [5.74, 6) is 1.68. The number of carbonyl (C=O) groups is 1. The van der Waals surface area contributed by atoms with E-state index in [9.17, 15) is 4.79 Å². The van der Waals surface area contributed by atoms with Gasteiger partial charge in [0, 0.05) is 44.8 Å². The number of anilines is 3. The molecule has 0 radical (unpaired) electrons. The zero-order valence-corrected chi connectivity index (χ0v) is 24.2. The summed E-state index contributed by atoms with van der Waals surface area (Å²) in [6.07, 6.45) is 0. The Bertz CT molecular complexity index is 1450. The minimum absolute atomic E-state index is 0.163. The number of methoxy groups -OCH3 is 1. The van der Waals surface area contributed by atoms with E-state index in [4.69, 9.17) is 19.4 Å². The van der Waals surface area contributed by atoms with Gasteiger partial charge < -0.3 is 19.3 Å². The van der Waals surface area contributed by atoms with E-state index < -0.39 is 0 Å². The zero-order chi connectivity index (χ0) is 29.4. The van der Waals surface area contributed by atoms with Crippen molar-refractivity contribution in [3.05, 3.63) is 102 Å². The Morgan fingerprint density at radius 3 is 1.98 bits per heavy atom. The second kappa shape index (κ2) is 13.5. The van der Waals surface area contributed by atoms with Crippen LogP contribution in [0.25, 0.3) is 0 Å². The number of hydrazine groups is 1. The van der Waals surface area contributed by atoms with Gasteiger partial charge in [-0.2, -0.15) is 15.0 Å². The summed E-state index contributed by atoms with van der Waals surface area (Å²) in [5, 5.41) is 0. The molecule has 43 heavy (non-hydrogen) atoms. The number of amides is 1. The highest BCUT2D eigenvalue weighted by atomic mass is 16.5. The van der Waals surface area contributed by atoms with Gasteiger partial charge in [0.1, 0.15) is 5.75 Å². The monoisotopic (exact) mass is 580 g/mol. The van der Waals surface area contributed by atoms with E-state index in [-0.39, 0.29) is 17.9 Å². The first-order valence-electron chi connectivity index (χ1n) is 14.6. The predicted octanol–water partition coefficient (Wildman–Crippen LogP) is 3.39. The lowest BCUT2D eigenvalue weighted by Crippen LogP contribution is -2.48. The van der Waals surface area contributed by atoms with Crippen molar-refractivity contribution < 1.29 is 14.3 Å². The molecule has 222 valence electrons. The number of benzene rings is 3. The molecule has 0 aliphatic carbocycles. The maximum absolute atomic E-state index is 12.8. The van der Waals surface area contributed by atoms with Crippen molar-refractivity contribution in [1.29, 1.82) is 0 Å². The average molecular weight is 581 g/mol. The molecule has 11 nitrogen and oxygen atoms in total. The molecule has 0 bridgehead atoms. The smallest absolute Gasteiger partial charge is 0.269 e. The van der Waals surface area contributed by atoms with Crippen molar-refractivity contribution in [2.45, 2.75) is 6.04 Å². The largest absolute Gasteiger partial charge is 0.497 e. The zero-order valence-electron chi connectivity index (χ0n) is 24.2. The van der Waals surface area contributed by atoms with Gasteiger partial charge in [-0.3, -0.25) is 20.5 Å². The first kappa shape index (κ1) is 28.4. The topological polar surface area (TPSA) is 108 Å². The van der Waals surface area contributed by atoms with Crippen LogP contribution in [-0.4, -0.2) is 85.4 Å². The van der Waals surface area contributed by atoms with Crippen LogP contribution >= 0.6 is 0 Å². The summed E-state index contributed by atoms with van der Waals surface area (Å²) < 4.78 is 10.8. The number of hydrogen-bond donors (Lipinski definition) is 2. The Morgan fingerprint density at radius 2 is 1.37 bits per heavy atom. The van der Waals surface area contributed by atoms with Crippen molar-refractivity contribution in [1.82, 2.24) is 25.3 Å². The molecule has 1 amide bonds. The second-order valence-corrected chi connectivity index (χ2v) is 10.4. The van der Waals surface area contributed by atoms with Gasteiger partial charge in [-0.15, -0.1) is 0 Å². The van der Waals surface area contributed by atoms with Crippen LogP contribution in [0.15, 0.2) is 84.9 Å². The van der Waals surface area contributed by atoms with Crippen LogP contribution in [0.3, 0.4) is 0 Å². The van der Waals surface area contributed by atoms with Gasteiger partial charge in [-0.25, -0.2) is 0 Å². The highest BCUT2D eigenvalue weighted by Gasteiger charge is 2.28. The van der Waals surface area contributed by atoms with Crippen LogP contribution < -0.4 is 25.4 Å². The van der Waals surface area contributed by atoms with Crippen LogP contribution in [0.4, 0.5) is 17.8 Å². The van der Waals surface area contributed by atoms with Gasteiger partial charge >= 0.3 is 0 Å². The standard InChI is InChI=1S/C32H36N8O3/c1-42-27-14-8-13-26(23-27)29(41)36-37-30-33-31(35-32(34-30)40-19-21-43-22-20-40)39-17-15-38(16-18-39)28(24-9-4-2-5-10-24)25-11-6-3-7-12-25/h2-14,23,28H,15-22H2,1H3,(H,36,41)(H,33,34,35,37). The van der Waals surface area contributed by atoms with E-state index in [1.807, 2.05) is 0 Å². The fourth-order valence-electron chi connectivity index (χ4n) is 5.47. The Kier molecular flexibility index (Phi) is 8.90.